The lowest BCUT2D eigenvalue weighted by Gasteiger charge is -2.33. The molecule has 17 heteroatoms. The molecule has 2 fully saturated rings. The number of carbonyl (C=O) groups is 1. The molecule has 2 aromatic heterocycles. The molecule has 4 aliphatic rings. The second kappa shape index (κ2) is 13.9. The molecule has 10 nitrogen and oxygen atoms in total. The fraction of sp³-hybridized carbons (Fsp3) is 0.543. The fourth-order valence-corrected chi connectivity index (χ4v) is 9.55. The number of nitrogens with two attached hydrogens (primary N) is 1. The van der Waals surface area contributed by atoms with Crippen molar-refractivity contribution in [3.63, 3.8) is 0 Å². The largest absolute Gasteiger partial charge is 0.461 e. The van der Waals surface area contributed by atoms with Gasteiger partial charge in [0.15, 0.2) is 11.5 Å². The van der Waals surface area contributed by atoms with Crippen LogP contribution in [0, 0.1) is 17.7 Å². The average molecular weight is 765 g/mol. The minimum Gasteiger partial charge on any atom is -0.461 e. The van der Waals surface area contributed by atoms with Crippen LogP contribution in [0.1, 0.15) is 82.0 Å². The molecule has 52 heavy (non-hydrogen) atoms. The lowest BCUT2D eigenvalue weighted by atomic mass is 9.93. The van der Waals surface area contributed by atoms with E-state index in [1.807, 2.05) is 4.90 Å². The number of fused-ring (bicyclic) bond motifs is 3. The Balaban J connectivity index is 1.30. The molecule has 3 atom stereocenters. The second-order valence-electron chi connectivity index (χ2n) is 13.9. The van der Waals surface area contributed by atoms with Crippen LogP contribution in [-0.2, 0) is 31.4 Å². The van der Waals surface area contributed by atoms with E-state index in [9.17, 15) is 22.4 Å². The number of ether oxygens (including phenoxy) is 1. The maximum atomic E-state index is 15.8. The van der Waals surface area contributed by atoms with Crippen molar-refractivity contribution in [3.8, 4) is 17.9 Å². The van der Waals surface area contributed by atoms with Crippen molar-refractivity contribution in [1.82, 2.24) is 29.5 Å². The molecule has 0 aliphatic carbocycles. The summed E-state index contributed by atoms with van der Waals surface area (Å²) in [6.07, 6.45) is -3.36. The summed E-state index contributed by atoms with van der Waals surface area (Å²) in [4.78, 5) is 27.9. The van der Waals surface area contributed by atoms with Gasteiger partial charge in [-0.15, -0.1) is 17.7 Å². The fourth-order valence-electron chi connectivity index (χ4n) is 7.94. The number of amides is 1. The summed E-state index contributed by atoms with van der Waals surface area (Å²) in [5.74, 6) is 4.12. The molecule has 0 saturated carbocycles. The van der Waals surface area contributed by atoms with Gasteiger partial charge in [0.2, 0.25) is 0 Å². The van der Waals surface area contributed by atoms with E-state index in [0.29, 0.717) is 55.2 Å². The average Bonchev–Trinajstić information content (AvgIpc) is 3.66. The highest BCUT2D eigenvalue weighted by Crippen LogP contribution is 2.50. The van der Waals surface area contributed by atoms with E-state index < -0.39 is 51.3 Å². The number of thioether (sulfide) groups is 1. The van der Waals surface area contributed by atoms with Crippen LogP contribution in [-0.4, -0.2) is 87.5 Å². The Morgan fingerprint density at radius 2 is 2.02 bits per heavy atom. The molecule has 0 bridgehead atoms. The molecule has 2 saturated heterocycles. The maximum Gasteiger partial charge on any atom is 0.418 e. The van der Waals surface area contributed by atoms with Gasteiger partial charge in [0.05, 0.1) is 39.7 Å². The van der Waals surface area contributed by atoms with Crippen molar-refractivity contribution in [2.24, 2.45) is 0 Å². The number of aromatic nitrogens is 4. The number of alkyl halides is 4. The van der Waals surface area contributed by atoms with Crippen LogP contribution >= 0.6 is 23.4 Å². The highest BCUT2D eigenvalue weighted by Gasteiger charge is 2.49. The van der Waals surface area contributed by atoms with Crippen molar-refractivity contribution in [2.45, 2.75) is 81.0 Å². The predicted octanol–water partition coefficient (Wildman–Crippen LogP) is 6.04. The molecule has 1 unspecified atom stereocenters. The molecule has 6 heterocycles. The van der Waals surface area contributed by atoms with Crippen molar-refractivity contribution < 1.29 is 31.5 Å². The Labute approximate surface area is 307 Å². The summed E-state index contributed by atoms with van der Waals surface area (Å²) in [6.45, 7) is 3.86. The number of hydrogen-bond donors (Lipinski definition) is 1. The Morgan fingerprint density at radius 1 is 1.23 bits per heavy atom. The first kappa shape index (κ1) is 36.5. The molecule has 3 aromatic rings. The van der Waals surface area contributed by atoms with Gasteiger partial charge in [-0.2, -0.15) is 28.2 Å². The van der Waals surface area contributed by atoms with Gasteiger partial charge in [0.25, 0.3) is 5.91 Å². The van der Waals surface area contributed by atoms with E-state index in [0.717, 1.165) is 37.2 Å². The Bertz CT molecular complexity index is 1980. The van der Waals surface area contributed by atoms with E-state index >= 15 is 4.39 Å². The van der Waals surface area contributed by atoms with Crippen LogP contribution in [0.15, 0.2) is 6.07 Å². The quantitative estimate of drug-likeness (QED) is 0.183. The molecular formula is C35H38ClF5N8O2S. The SMILES string of the molecule is CC#Cc1cc(N)c(F)c(C2Cc3nc(OC[C@@]45CCCN4C[C@H](F)C5)nc(N4CCCn5nc(C(=O)N(C)C)c(Cl)c5C4)c3CS2)c1C(F)(F)F. The molecule has 2 N–H and O–H groups in total. The molecule has 4 aliphatic heterocycles. The third kappa shape index (κ3) is 6.53. The lowest BCUT2D eigenvalue weighted by Crippen LogP contribution is -2.43. The zero-order valence-electron chi connectivity index (χ0n) is 28.9. The topological polar surface area (TPSA) is 106 Å². The van der Waals surface area contributed by atoms with Gasteiger partial charge < -0.3 is 20.3 Å². The number of aryl methyl sites for hydroxylation is 1. The zero-order chi connectivity index (χ0) is 37.1. The summed E-state index contributed by atoms with van der Waals surface area (Å²) in [5, 5.41) is 3.72. The van der Waals surface area contributed by atoms with Crippen LogP contribution in [0.25, 0.3) is 0 Å². The first-order valence-corrected chi connectivity index (χ1v) is 18.5. The van der Waals surface area contributed by atoms with E-state index in [4.69, 9.17) is 32.0 Å². The molecule has 7 rings (SSSR count). The van der Waals surface area contributed by atoms with Gasteiger partial charge in [0, 0.05) is 74.3 Å². The smallest absolute Gasteiger partial charge is 0.418 e. The Hall–Kier alpha value is -3.81. The van der Waals surface area contributed by atoms with Gasteiger partial charge in [-0.1, -0.05) is 17.5 Å². The van der Waals surface area contributed by atoms with Gasteiger partial charge in [-0.3, -0.25) is 14.4 Å². The van der Waals surface area contributed by atoms with Crippen molar-refractivity contribution >= 4 is 40.8 Å². The zero-order valence-corrected chi connectivity index (χ0v) is 30.5. The molecular weight excluding hydrogens is 727 g/mol. The summed E-state index contributed by atoms with van der Waals surface area (Å²) in [7, 11) is 3.23. The Kier molecular flexibility index (Phi) is 9.75. The third-order valence-corrected chi connectivity index (χ3v) is 12.0. The van der Waals surface area contributed by atoms with Gasteiger partial charge >= 0.3 is 12.2 Å². The highest BCUT2D eigenvalue weighted by molar-refractivity contribution is 7.98. The van der Waals surface area contributed by atoms with Crippen molar-refractivity contribution in [1.29, 1.82) is 0 Å². The van der Waals surface area contributed by atoms with Crippen molar-refractivity contribution in [2.75, 3.05) is 51.0 Å². The number of rotatable bonds is 6. The van der Waals surface area contributed by atoms with Gasteiger partial charge in [-0.05, 0) is 38.8 Å². The highest BCUT2D eigenvalue weighted by atomic mass is 35.5. The third-order valence-electron chi connectivity index (χ3n) is 10.3. The van der Waals surface area contributed by atoms with E-state index in [1.54, 1.807) is 18.8 Å². The number of anilines is 2. The van der Waals surface area contributed by atoms with Crippen LogP contribution in [0.4, 0.5) is 33.5 Å². The first-order valence-electron chi connectivity index (χ1n) is 17.1. The first-order chi connectivity index (χ1) is 24.7. The molecule has 0 radical (unpaired) electrons. The van der Waals surface area contributed by atoms with E-state index in [2.05, 4.69) is 21.8 Å². The summed E-state index contributed by atoms with van der Waals surface area (Å²) in [6, 6.07) is 0.923. The molecule has 278 valence electrons. The van der Waals surface area contributed by atoms with Gasteiger partial charge in [0.1, 0.15) is 18.6 Å². The summed E-state index contributed by atoms with van der Waals surface area (Å²) in [5.41, 5.74) is 4.71. The second-order valence-corrected chi connectivity index (χ2v) is 15.5. The Morgan fingerprint density at radius 3 is 2.75 bits per heavy atom. The molecule has 1 aromatic carbocycles. The normalized spacial score (nSPS) is 23.0. The molecule has 0 spiro atoms. The number of nitrogen functional groups attached to an aromatic ring is 1. The summed E-state index contributed by atoms with van der Waals surface area (Å²) >= 11 is 7.91. The van der Waals surface area contributed by atoms with Crippen molar-refractivity contribution in [3.05, 3.63) is 56.2 Å². The monoisotopic (exact) mass is 764 g/mol. The van der Waals surface area contributed by atoms with E-state index in [1.165, 1.54) is 11.8 Å². The minimum absolute atomic E-state index is 0.00288. The lowest BCUT2D eigenvalue weighted by molar-refractivity contribution is -0.138. The number of halogens is 6. The minimum atomic E-state index is -4.90. The number of hydrogen-bond acceptors (Lipinski definition) is 9. The number of benzene rings is 1. The number of nitrogens with zero attached hydrogens (tertiary/aromatic N) is 7. The number of carbonyl (C=O) groups excluding carboxylic acids is 1. The standard InChI is InChI=1S/C35H38ClF5N8O2S/c1-4-7-19-12-22(42)29(38)26(27(19)35(39,40)41)25-13-23-21(17-52-25)31(44-33(43-23)51-18-34-8-5-10-48(34)15-20(37)14-34)47-9-6-11-49-24(16-47)28(36)30(45-49)32(50)46(2)3/h12,20,25H,5-6,8-11,13-18,42H2,1-3H3/t20-,25?,34+/m1/s1. The van der Waals surface area contributed by atoms with Crippen LogP contribution in [0.2, 0.25) is 5.02 Å². The van der Waals surface area contributed by atoms with Gasteiger partial charge in [-0.25, -0.2) is 8.78 Å². The maximum absolute atomic E-state index is 15.8. The van der Waals surface area contributed by atoms with E-state index in [-0.39, 0.29) is 48.0 Å². The van der Waals surface area contributed by atoms with Crippen LogP contribution in [0.5, 0.6) is 6.01 Å². The molecule has 1 amide bonds. The van der Waals surface area contributed by atoms with Crippen LogP contribution in [0.3, 0.4) is 0 Å². The predicted molar refractivity (Wildman–Crippen MR) is 188 cm³/mol. The van der Waals surface area contributed by atoms with Crippen LogP contribution < -0.4 is 15.4 Å². The summed E-state index contributed by atoms with van der Waals surface area (Å²) < 4.78 is 82.2.